The molecule has 3 heterocycles. The lowest BCUT2D eigenvalue weighted by molar-refractivity contribution is -0.192. The number of rotatable bonds is 3. The van der Waals surface area contributed by atoms with Crippen LogP contribution in [0.25, 0.3) is 11.0 Å². The van der Waals surface area contributed by atoms with Crippen molar-refractivity contribution in [1.82, 2.24) is 14.5 Å². The van der Waals surface area contributed by atoms with Crippen LogP contribution in [-0.4, -0.2) is 73.9 Å². The summed E-state index contributed by atoms with van der Waals surface area (Å²) in [5.74, 6) is -2.07. The van der Waals surface area contributed by atoms with Crippen LogP contribution in [-0.2, 0) is 9.53 Å². The molecule has 1 fully saturated rings. The Morgan fingerprint density at radius 1 is 1.37 bits per heavy atom. The van der Waals surface area contributed by atoms with Crippen molar-refractivity contribution in [3.05, 3.63) is 18.6 Å². The molecule has 0 aromatic carbocycles. The Balaban J connectivity index is 0.000000321. The van der Waals surface area contributed by atoms with Crippen molar-refractivity contribution in [2.45, 2.75) is 30.7 Å². The Hall–Kier alpha value is -2.48. The van der Waals surface area contributed by atoms with E-state index in [9.17, 15) is 23.4 Å². The fraction of sp³-hybridized carbons (Fsp3) is 0.500. The Morgan fingerprint density at radius 2 is 2.00 bits per heavy atom. The minimum atomic E-state index is -5.08. The van der Waals surface area contributed by atoms with E-state index in [4.69, 9.17) is 20.4 Å². The molecule has 0 saturated carbocycles. The van der Waals surface area contributed by atoms with E-state index in [1.807, 2.05) is 6.07 Å². The molecular formula is C14H18F3N5O5. The highest BCUT2D eigenvalue weighted by Gasteiger charge is 2.43. The molecule has 0 bridgehead atoms. The van der Waals surface area contributed by atoms with E-state index in [2.05, 4.69) is 15.3 Å². The number of carboxylic acid groups (broad SMARTS) is 1. The molecule has 2 aromatic heterocycles. The van der Waals surface area contributed by atoms with E-state index in [1.54, 1.807) is 17.8 Å². The first-order valence-corrected chi connectivity index (χ1v) is 7.62. The summed E-state index contributed by atoms with van der Waals surface area (Å²) in [5, 5.41) is 30.9. The molecule has 1 saturated heterocycles. The van der Waals surface area contributed by atoms with Crippen LogP contribution in [0.5, 0.6) is 0 Å². The molecule has 1 aliphatic heterocycles. The van der Waals surface area contributed by atoms with Crippen molar-refractivity contribution < 1.29 is 38.0 Å². The van der Waals surface area contributed by atoms with Gasteiger partial charge in [-0.15, -0.1) is 0 Å². The third kappa shape index (κ3) is 4.27. The van der Waals surface area contributed by atoms with E-state index in [-0.39, 0.29) is 6.54 Å². The number of hydrogen-bond donors (Lipinski definition) is 5. The Kier molecular flexibility index (Phi) is 6.20. The first-order valence-electron chi connectivity index (χ1n) is 7.62. The Morgan fingerprint density at radius 3 is 2.48 bits per heavy atom. The number of anilines is 1. The molecule has 0 radical (unpaired) electrons. The molecule has 2 aromatic rings. The van der Waals surface area contributed by atoms with E-state index in [0.29, 0.717) is 11.5 Å². The van der Waals surface area contributed by atoms with Gasteiger partial charge in [0.25, 0.3) is 0 Å². The molecule has 0 unspecified atom stereocenters. The van der Waals surface area contributed by atoms with Crippen LogP contribution in [0.3, 0.4) is 0 Å². The minimum Gasteiger partial charge on any atom is -0.475 e. The number of alkyl halides is 3. The lowest BCUT2D eigenvalue weighted by Crippen LogP contribution is -2.35. The van der Waals surface area contributed by atoms with Crippen molar-refractivity contribution >= 4 is 22.8 Å². The number of aromatic nitrogens is 3. The number of nitrogens with two attached hydrogens (primary N) is 1. The predicted octanol–water partition coefficient (Wildman–Crippen LogP) is -0.316. The summed E-state index contributed by atoms with van der Waals surface area (Å²) < 4.78 is 39.0. The smallest absolute Gasteiger partial charge is 0.475 e. The van der Waals surface area contributed by atoms with Gasteiger partial charge in [0.2, 0.25) is 0 Å². The van der Waals surface area contributed by atoms with Crippen LogP contribution in [0.1, 0.15) is 6.23 Å². The fourth-order valence-electron chi connectivity index (χ4n) is 2.53. The van der Waals surface area contributed by atoms with Crippen LogP contribution >= 0.6 is 0 Å². The number of aliphatic carboxylic acids is 1. The van der Waals surface area contributed by atoms with Gasteiger partial charge in [0.15, 0.2) is 6.23 Å². The maximum Gasteiger partial charge on any atom is 0.490 e. The average Bonchev–Trinajstić information content (AvgIpc) is 3.16. The summed E-state index contributed by atoms with van der Waals surface area (Å²) in [5.41, 5.74) is 6.14. The van der Waals surface area contributed by atoms with E-state index in [0.717, 1.165) is 5.39 Å². The SMILES string of the molecule is CNc1ncnc2c1ccn2[C@@H]1O[C@H](CN)[C@@H](O)[C@H]1O.O=C(O)C(F)(F)F. The van der Waals surface area contributed by atoms with Crippen molar-refractivity contribution in [2.75, 3.05) is 18.9 Å². The van der Waals surface area contributed by atoms with E-state index >= 15 is 0 Å². The van der Waals surface area contributed by atoms with E-state index < -0.39 is 36.7 Å². The van der Waals surface area contributed by atoms with E-state index in [1.165, 1.54) is 6.33 Å². The van der Waals surface area contributed by atoms with Crippen molar-refractivity contribution in [3.63, 3.8) is 0 Å². The molecule has 27 heavy (non-hydrogen) atoms. The quantitative estimate of drug-likeness (QED) is 0.472. The van der Waals surface area contributed by atoms with Gasteiger partial charge in [-0.1, -0.05) is 0 Å². The molecule has 4 atom stereocenters. The zero-order valence-corrected chi connectivity index (χ0v) is 14.0. The monoisotopic (exact) mass is 393 g/mol. The van der Waals surface area contributed by atoms with Crippen LogP contribution in [0.4, 0.5) is 19.0 Å². The maximum atomic E-state index is 10.6. The molecule has 1 aliphatic rings. The Labute approximate surface area is 150 Å². The minimum absolute atomic E-state index is 0.144. The number of aliphatic hydroxyl groups excluding tert-OH is 2. The molecular weight excluding hydrogens is 375 g/mol. The van der Waals surface area contributed by atoms with Gasteiger partial charge in [-0.05, 0) is 6.07 Å². The molecule has 0 amide bonds. The molecule has 10 nitrogen and oxygen atoms in total. The summed E-state index contributed by atoms with van der Waals surface area (Å²) >= 11 is 0. The predicted molar refractivity (Wildman–Crippen MR) is 85.7 cm³/mol. The molecule has 6 N–H and O–H groups in total. The van der Waals surface area contributed by atoms with Crippen molar-refractivity contribution in [3.8, 4) is 0 Å². The van der Waals surface area contributed by atoms with Gasteiger partial charge in [0.05, 0.1) is 5.39 Å². The second kappa shape index (κ2) is 8.04. The average molecular weight is 393 g/mol. The highest BCUT2D eigenvalue weighted by atomic mass is 19.4. The second-order valence-corrected chi connectivity index (χ2v) is 5.52. The lowest BCUT2D eigenvalue weighted by atomic mass is 10.1. The zero-order valence-electron chi connectivity index (χ0n) is 14.0. The third-order valence-electron chi connectivity index (χ3n) is 3.83. The van der Waals surface area contributed by atoms with Crippen LogP contribution in [0.2, 0.25) is 0 Å². The normalized spacial score (nSPS) is 25.1. The summed E-state index contributed by atoms with van der Waals surface area (Å²) in [6, 6.07) is 1.83. The number of nitrogens with zero attached hydrogens (tertiary/aromatic N) is 3. The third-order valence-corrected chi connectivity index (χ3v) is 3.83. The molecule has 0 aliphatic carbocycles. The van der Waals surface area contributed by atoms with Crippen LogP contribution in [0.15, 0.2) is 18.6 Å². The Bertz CT molecular complexity index is 799. The number of hydrogen-bond acceptors (Lipinski definition) is 8. The topological polar surface area (TPSA) is 156 Å². The lowest BCUT2D eigenvalue weighted by Gasteiger charge is -2.17. The highest BCUT2D eigenvalue weighted by molar-refractivity contribution is 5.87. The second-order valence-electron chi connectivity index (χ2n) is 5.52. The van der Waals surface area contributed by atoms with Crippen molar-refractivity contribution in [2.24, 2.45) is 5.73 Å². The van der Waals surface area contributed by atoms with Gasteiger partial charge in [-0.2, -0.15) is 13.2 Å². The standard InChI is InChI=1S/C12H17N5O3.C2HF3O2/c1-14-10-6-2-3-17(11(6)16-5-15-10)12-9(19)8(18)7(4-13)20-12;3-2(4,5)1(6)7/h2-3,5,7-9,12,18-19H,4,13H2,1H3,(H,14,15,16);(H,6,7)/t7-,8-,9-,12-;/m1./s1. The summed E-state index contributed by atoms with van der Waals surface area (Å²) in [4.78, 5) is 17.2. The fourth-order valence-corrected chi connectivity index (χ4v) is 2.53. The van der Waals surface area contributed by atoms with Crippen LogP contribution < -0.4 is 11.1 Å². The number of ether oxygens (including phenoxy) is 1. The molecule has 0 spiro atoms. The van der Waals surface area contributed by atoms with Gasteiger partial charge in [-0.3, -0.25) is 0 Å². The number of aliphatic hydroxyl groups is 2. The summed E-state index contributed by atoms with van der Waals surface area (Å²) in [6.07, 6.45) is -5.25. The van der Waals surface area contributed by atoms with Crippen molar-refractivity contribution in [1.29, 1.82) is 0 Å². The van der Waals surface area contributed by atoms with Crippen LogP contribution in [0, 0.1) is 0 Å². The van der Waals surface area contributed by atoms with Gasteiger partial charge in [0.1, 0.15) is 36.1 Å². The van der Waals surface area contributed by atoms with Gasteiger partial charge in [-0.25, -0.2) is 14.8 Å². The van der Waals surface area contributed by atoms with Gasteiger partial charge in [0, 0.05) is 19.8 Å². The number of fused-ring (bicyclic) bond motifs is 1. The van der Waals surface area contributed by atoms with Gasteiger partial charge < -0.3 is 35.7 Å². The van der Waals surface area contributed by atoms with Gasteiger partial charge >= 0.3 is 12.1 Å². The highest BCUT2D eigenvalue weighted by Crippen LogP contribution is 2.32. The zero-order chi connectivity index (χ0) is 20.4. The number of halogens is 3. The molecule has 13 heteroatoms. The number of carboxylic acids is 1. The largest absolute Gasteiger partial charge is 0.490 e. The first kappa shape index (κ1) is 20.8. The maximum absolute atomic E-state index is 10.6. The molecule has 3 rings (SSSR count). The molecule has 150 valence electrons. The summed E-state index contributed by atoms with van der Waals surface area (Å²) in [7, 11) is 1.77. The number of nitrogens with one attached hydrogen (secondary N) is 1. The first-order chi connectivity index (χ1) is 12.6. The number of carbonyl (C=O) groups is 1. The summed E-state index contributed by atoms with van der Waals surface area (Å²) in [6.45, 7) is 0.144.